The highest BCUT2D eigenvalue weighted by Gasteiger charge is 2.08. The Bertz CT molecular complexity index is 769. The van der Waals surface area contributed by atoms with Crippen LogP contribution in [0.25, 0.3) is 0 Å². The van der Waals surface area contributed by atoms with Gasteiger partial charge in [0.25, 0.3) is 5.91 Å². The summed E-state index contributed by atoms with van der Waals surface area (Å²) in [7, 11) is 0. The molecule has 0 radical (unpaired) electrons. The fourth-order valence-corrected chi connectivity index (χ4v) is 2.95. The summed E-state index contributed by atoms with van der Waals surface area (Å²) in [5.74, 6) is 0.892. The average molecular weight is 348 g/mol. The fraction of sp³-hybridized carbons (Fsp3) is 0.273. The van der Waals surface area contributed by atoms with Gasteiger partial charge in [-0.05, 0) is 42.4 Å². The molecule has 1 aliphatic rings. The maximum absolute atomic E-state index is 12.0. The largest absolute Gasteiger partial charge is 0.483 e. The molecule has 3 rings (SSSR count). The quantitative estimate of drug-likeness (QED) is 0.465. The van der Waals surface area contributed by atoms with Gasteiger partial charge in [0.05, 0.1) is 0 Å². The van der Waals surface area contributed by atoms with Gasteiger partial charge in [0.1, 0.15) is 5.75 Å². The van der Waals surface area contributed by atoms with Gasteiger partial charge in [-0.1, -0.05) is 60.7 Å². The molecular weight excluding hydrogens is 324 g/mol. The molecule has 0 unspecified atom stereocenters. The highest BCUT2D eigenvalue weighted by molar-refractivity contribution is 5.78. The number of nitrogens with one attached hydrogen (secondary N) is 1. The van der Waals surface area contributed by atoms with E-state index in [0.29, 0.717) is 5.92 Å². The summed E-state index contributed by atoms with van der Waals surface area (Å²) < 4.78 is 5.72. The number of hydrogen-bond donors (Lipinski definition) is 1. The van der Waals surface area contributed by atoms with Crippen molar-refractivity contribution in [1.82, 2.24) is 5.43 Å². The third-order valence-corrected chi connectivity index (χ3v) is 4.35. The number of allylic oxidation sites excluding steroid dienone is 2. The number of ether oxygens (including phenoxy) is 1. The second-order valence-electron chi connectivity index (χ2n) is 6.42. The van der Waals surface area contributed by atoms with Crippen LogP contribution in [0.5, 0.6) is 5.75 Å². The second-order valence-corrected chi connectivity index (χ2v) is 6.42. The maximum atomic E-state index is 12.0. The van der Waals surface area contributed by atoms with E-state index in [0.717, 1.165) is 37.0 Å². The summed E-state index contributed by atoms with van der Waals surface area (Å²) >= 11 is 0. The van der Waals surface area contributed by atoms with Crippen LogP contribution in [0.1, 0.15) is 30.4 Å². The number of hydrazone groups is 1. The Morgan fingerprint density at radius 3 is 2.73 bits per heavy atom. The standard InChI is InChI=1S/C22H24N2O2/c25-22(24-23-16-19-11-5-2-6-12-19)17-26-21-14-8-7-13-20(21)15-18-9-3-1-4-10-18/h1-5,7-10,13-14,16,19H,6,11-12,15,17H2,(H,24,25)/b23-16-/t19-/m0/s1. The molecule has 0 saturated heterocycles. The van der Waals surface area contributed by atoms with Gasteiger partial charge in [0.15, 0.2) is 6.61 Å². The molecule has 0 aliphatic heterocycles. The van der Waals surface area contributed by atoms with E-state index in [1.54, 1.807) is 0 Å². The van der Waals surface area contributed by atoms with E-state index in [9.17, 15) is 4.79 Å². The molecule has 2 aromatic carbocycles. The molecule has 26 heavy (non-hydrogen) atoms. The lowest BCUT2D eigenvalue weighted by molar-refractivity contribution is -0.123. The van der Waals surface area contributed by atoms with E-state index in [1.807, 2.05) is 48.7 Å². The van der Waals surface area contributed by atoms with E-state index in [2.05, 4.69) is 34.8 Å². The second kappa shape index (κ2) is 9.56. The van der Waals surface area contributed by atoms with Crippen molar-refractivity contribution in [3.63, 3.8) is 0 Å². The minimum Gasteiger partial charge on any atom is -0.483 e. The SMILES string of the molecule is O=C(COc1ccccc1Cc1ccccc1)N/N=C\[C@H]1CC=CCC1. The molecule has 0 spiro atoms. The number of hydrogen-bond acceptors (Lipinski definition) is 3. The molecule has 134 valence electrons. The molecular formula is C22H24N2O2. The number of rotatable bonds is 7. The van der Waals surface area contributed by atoms with Crippen molar-refractivity contribution in [3.05, 3.63) is 77.9 Å². The average Bonchev–Trinajstić information content (AvgIpc) is 2.69. The van der Waals surface area contributed by atoms with Crippen molar-refractivity contribution in [2.75, 3.05) is 6.61 Å². The molecule has 0 heterocycles. The van der Waals surface area contributed by atoms with Gasteiger partial charge in [0.2, 0.25) is 0 Å². The van der Waals surface area contributed by atoms with Gasteiger partial charge in [-0.15, -0.1) is 0 Å². The minimum absolute atomic E-state index is 0.0479. The zero-order chi connectivity index (χ0) is 18.0. The van der Waals surface area contributed by atoms with Crippen LogP contribution in [-0.4, -0.2) is 18.7 Å². The molecule has 0 aromatic heterocycles. The summed E-state index contributed by atoms with van der Waals surface area (Å²) in [4.78, 5) is 12.0. The van der Waals surface area contributed by atoms with E-state index in [-0.39, 0.29) is 12.5 Å². The van der Waals surface area contributed by atoms with Crippen LogP contribution in [0, 0.1) is 5.92 Å². The van der Waals surface area contributed by atoms with Crippen molar-refractivity contribution < 1.29 is 9.53 Å². The number of para-hydroxylation sites is 1. The first-order chi connectivity index (χ1) is 12.8. The zero-order valence-corrected chi connectivity index (χ0v) is 14.8. The molecule has 1 N–H and O–H groups in total. The van der Waals surface area contributed by atoms with Gasteiger partial charge < -0.3 is 4.74 Å². The zero-order valence-electron chi connectivity index (χ0n) is 14.8. The molecule has 1 aliphatic carbocycles. The number of carbonyl (C=O) groups is 1. The van der Waals surface area contributed by atoms with Crippen LogP contribution in [0.3, 0.4) is 0 Å². The van der Waals surface area contributed by atoms with Crippen LogP contribution in [0.15, 0.2) is 71.9 Å². The van der Waals surface area contributed by atoms with E-state index >= 15 is 0 Å². The number of amides is 1. The van der Waals surface area contributed by atoms with Crippen molar-refractivity contribution >= 4 is 12.1 Å². The first-order valence-electron chi connectivity index (χ1n) is 9.03. The van der Waals surface area contributed by atoms with Crippen LogP contribution in [0.2, 0.25) is 0 Å². The Labute approximate surface area is 154 Å². The third kappa shape index (κ3) is 5.59. The number of carbonyl (C=O) groups excluding carboxylic acids is 1. The van der Waals surface area contributed by atoms with Crippen molar-refractivity contribution in [2.24, 2.45) is 11.0 Å². The van der Waals surface area contributed by atoms with Crippen LogP contribution in [0.4, 0.5) is 0 Å². The Hall–Kier alpha value is -2.88. The molecule has 4 heteroatoms. The molecule has 0 saturated carbocycles. The summed E-state index contributed by atoms with van der Waals surface area (Å²) in [6, 6.07) is 18.0. The lowest BCUT2D eigenvalue weighted by atomic mass is 9.96. The van der Waals surface area contributed by atoms with Crippen molar-refractivity contribution in [3.8, 4) is 5.75 Å². The number of benzene rings is 2. The van der Waals surface area contributed by atoms with E-state index in [4.69, 9.17) is 4.74 Å². The summed E-state index contributed by atoms with van der Waals surface area (Å²) in [5.41, 5.74) is 4.82. The molecule has 2 aromatic rings. The molecule has 0 bridgehead atoms. The fourth-order valence-electron chi connectivity index (χ4n) is 2.95. The smallest absolute Gasteiger partial charge is 0.277 e. The Kier molecular flexibility index (Phi) is 6.59. The monoisotopic (exact) mass is 348 g/mol. The van der Waals surface area contributed by atoms with E-state index < -0.39 is 0 Å². The van der Waals surface area contributed by atoms with Crippen LogP contribution < -0.4 is 10.2 Å². The minimum atomic E-state index is -0.248. The Morgan fingerprint density at radius 2 is 1.92 bits per heavy atom. The van der Waals surface area contributed by atoms with E-state index in [1.165, 1.54) is 5.56 Å². The van der Waals surface area contributed by atoms with Crippen molar-refractivity contribution in [1.29, 1.82) is 0 Å². The Balaban J connectivity index is 1.50. The lowest BCUT2D eigenvalue weighted by Gasteiger charge is -2.12. The topological polar surface area (TPSA) is 50.7 Å². The molecule has 4 nitrogen and oxygen atoms in total. The van der Waals surface area contributed by atoms with Gasteiger partial charge in [-0.2, -0.15) is 5.10 Å². The molecule has 1 amide bonds. The van der Waals surface area contributed by atoms with Gasteiger partial charge in [0, 0.05) is 12.6 Å². The van der Waals surface area contributed by atoms with Gasteiger partial charge in [-0.25, -0.2) is 5.43 Å². The van der Waals surface area contributed by atoms with Gasteiger partial charge in [-0.3, -0.25) is 4.79 Å². The highest BCUT2D eigenvalue weighted by atomic mass is 16.5. The summed E-state index contributed by atoms with van der Waals surface area (Å²) in [5, 5.41) is 4.06. The summed E-state index contributed by atoms with van der Waals surface area (Å²) in [6.07, 6.45) is 10.1. The predicted molar refractivity (Wildman–Crippen MR) is 104 cm³/mol. The van der Waals surface area contributed by atoms with Crippen molar-refractivity contribution in [2.45, 2.75) is 25.7 Å². The van der Waals surface area contributed by atoms with Crippen LogP contribution >= 0.6 is 0 Å². The predicted octanol–water partition coefficient (Wildman–Crippen LogP) is 4.11. The van der Waals surface area contributed by atoms with Crippen LogP contribution in [-0.2, 0) is 11.2 Å². The Morgan fingerprint density at radius 1 is 1.12 bits per heavy atom. The molecule has 0 fully saturated rings. The van der Waals surface area contributed by atoms with Gasteiger partial charge >= 0.3 is 0 Å². The highest BCUT2D eigenvalue weighted by Crippen LogP contribution is 2.21. The molecule has 1 atom stereocenters. The maximum Gasteiger partial charge on any atom is 0.277 e. The lowest BCUT2D eigenvalue weighted by Crippen LogP contribution is -2.25. The number of nitrogens with zero attached hydrogens (tertiary/aromatic N) is 1. The summed E-state index contributed by atoms with van der Waals surface area (Å²) in [6.45, 7) is -0.0479. The third-order valence-electron chi connectivity index (χ3n) is 4.35. The first kappa shape index (κ1) is 17.9. The normalized spacial score (nSPS) is 16.5. The first-order valence-corrected chi connectivity index (χ1v) is 9.03.